The summed E-state index contributed by atoms with van der Waals surface area (Å²) in [4.78, 5) is 12.8. The zero-order chi connectivity index (χ0) is 20.7. The summed E-state index contributed by atoms with van der Waals surface area (Å²) in [6.07, 6.45) is 2.00. The molecular weight excluding hydrogens is 391 g/mol. The second-order valence-electron chi connectivity index (χ2n) is 7.31. The van der Waals surface area contributed by atoms with Gasteiger partial charge in [-0.1, -0.05) is 23.9 Å². The molecule has 1 amide bonds. The molecule has 9 heteroatoms. The molecule has 1 fully saturated rings. The highest BCUT2D eigenvalue weighted by Crippen LogP contribution is 2.42. The van der Waals surface area contributed by atoms with E-state index in [0.29, 0.717) is 16.5 Å². The van der Waals surface area contributed by atoms with Crippen LogP contribution in [-0.4, -0.2) is 35.7 Å². The highest BCUT2D eigenvalue weighted by molar-refractivity contribution is 8.00. The topological polar surface area (TPSA) is 77.6 Å². The van der Waals surface area contributed by atoms with Crippen LogP contribution in [0.15, 0.2) is 29.4 Å². The van der Waals surface area contributed by atoms with Crippen LogP contribution in [0.4, 0.5) is 10.1 Å². The number of hydrogen-bond acceptors (Lipinski definition) is 5. The average Bonchev–Trinajstić information content (AvgIpc) is 3.40. The van der Waals surface area contributed by atoms with Crippen molar-refractivity contribution < 1.29 is 9.18 Å². The SMILES string of the molecule is Cc1nn(C)c(C)c1NC(=O)[C@H](C)Sc1nnc(-c2ccccc2F)n1C1CC1. The number of hydrogen-bond donors (Lipinski definition) is 1. The largest absolute Gasteiger partial charge is 0.322 e. The number of halogens is 1. The third kappa shape index (κ3) is 3.78. The number of benzene rings is 1. The van der Waals surface area contributed by atoms with Gasteiger partial charge in [-0.25, -0.2) is 4.39 Å². The smallest absolute Gasteiger partial charge is 0.237 e. The zero-order valence-electron chi connectivity index (χ0n) is 16.8. The minimum atomic E-state index is -0.399. The summed E-state index contributed by atoms with van der Waals surface area (Å²) in [7, 11) is 1.85. The molecule has 29 heavy (non-hydrogen) atoms. The number of amides is 1. The first-order chi connectivity index (χ1) is 13.9. The lowest BCUT2D eigenvalue weighted by molar-refractivity contribution is -0.115. The van der Waals surface area contributed by atoms with Crippen molar-refractivity contribution in [1.82, 2.24) is 24.5 Å². The van der Waals surface area contributed by atoms with Gasteiger partial charge in [0.15, 0.2) is 11.0 Å². The fraction of sp³-hybridized carbons (Fsp3) is 0.400. The third-order valence-corrected chi connectivity index (χ3v) is 6.16. The van der Waals surface area contributed by atoms with Crippen molar-refractivity contribution in [3.05, 3.63) is 41.5 Å². The molecule has 0 spiro atoms. The van der Waals surface area contributed by atoms with Gasteiger partial charge in [0.05, 0.1) is 27.9 Å². The summed E-state index contributed by atoms with van der Waals surface area (Å²) in [6, 6.07) is 6.81. The van der Waals surface area contributed by atoms with Gasteiger partial charge in [0.1, 0.15) is 5.82 Å². The van der Waals surface area contributed by atoms with E-state index in [1.807, 2.05) is 32.4 Å². The molecule has 4 rings (SSSR count). The van der Waals surface area contributed by atoms with E-state index in [1.54, 1.807) is 22.9 Å². The predicted molar refractivity (Wildman–Crippen MR) is 110 cm³/mol. The molecule has 0 radical (unpaired) electrons. The van der Waals surface area contributed by atoms with Crippen LogP contribution in [0, 0.1) is 19.7 Å². The second kappa shape index (κ2) is 7.62. The molecule has 3 aromatic rings. The Morgan fingerprint density at radius 3 is 2.62 bits per heavy atom. The van der Waals surface area contributed by atoms with E-state index in [9.17, 15) is 9.18 Å². The van der Waals surface area contributed by atoms with Crippen molar-refractivity contribution in [2.75, 3.05) is 5.32 Å². The molecule has 0 aliphatic heterocycles. The van der Waals surface area contributed by atoms with E-state index in [4.69, 9.17) is 0 Å². The van der Waals surface area contributed by atoms with Crippen molar-refractivity contribution >= 4 is 23.4 Å². The van der Waals surface area contributed by atoms with Crippen molar-refractivity contribution in [1.29, 1.82) is 0 Å². The first-order valence-electron chi connectivity index (χ1n) is 9.54. The maximum absolute atomic E-state index is 14.3. The number of nitrogens with one attached hydrogen (secondary N) is 1. The van der Waals surface area contributed by atoms with Crippen LogP contribution in [-0.2, 0) is 11.8 Å². The van der Waals surface area contributed by atoms with Crippen LogP contribution < -0.4 is 5.32 Å². The Morgan fingerprint density at radius 2 is 2.00 bits per heavy atom. The Labute approximate surface area is 172 Å². The zero-order valence-corrected chi connectivity index (χ0v) is 17.6. The summed E-state index contributed by atoms with van der Waals surface area (Å²) >= 11 is 1.33. The maximum atomic E-state index is 14.3. The number of nitrogens with zero attached hydrogens (tertiary/aromatic N) is 5. The van der Waals surface area contributed by atoms with Crippen molar-refractivity contribution in [3.63, 3.8) is 0 Å². The molecule has 1 aliphatic carbocycles. The first kappa shape index (κ1) is 19.6. The van der Waals surface area contributed by atoms with Crippen molar-refractivity contribution in [2.45, 2.75) is 50.1 Å². The van der Waals surface area contributed by atoms with Gasteiger partial charge >= 0.3 is 0 Å². The Kier molecular flexibility index (Phi) is 5.16. The Balaban J connectivity index is 1.56. The van der Waals surface area contributed by atoms with E-state index < -0.39 is 5.25 Å². The summed E-state index contributed by atoms with van der Waals surface area (Å²) in [5.41, 5.74) is 2.84. The van der Waals surface area contributed by atoms with Gasteiger partial charge in [-0.3, -0.25) is 14.0 Å². The van der Waals surface area contributed by atoms with E-state index >= 15 is 0 Å². The average molecular weight is 415 g/mol. The molecule has 1 N–H and O–H groups in total. The number of aryl methyl sites for hydroxylation is 2. The number of anilines is 1. The molecule has 7 nitrogen and oxygen atoms in total. The molecule has 0 bridgehead atoms. The minimum absolute atomic E-state index is 0.132. The third-order valence-electron chi connectivity index (χ3n) is 5.10. The second-order valence-corrected chi connectivity index (χ2v) is 8.61. The standard InChI is InChI=1S/C20H23FN6OS/c1-11-17(12(2)26(4)25-11)22-19(28)13(3)29-20-24-23-18(27(20)14-9-10-14)15-7-5-6-8-16(15)21/h5-8,13-14H,9-10H2,1-4H3,(H,22,28)/t13-/m0/s1. The first-order valence-corrected chi connectivity index (χ1v) is 10.4. The predicted octanol–water partition coefficient (Wildman–Crippen LogP) is 3.89. The van der Waals surface area contributed by atoms with Gasteiger partial charge in [-0.2, -0.15) is 5.10 Å². The molecule has 1 saturated carbocycles. The van der Waals surface area contributed by atoms with Gasteiger partial charge in [0.2, 0.25) is 5.91 Å². The summed E-state index contributed by atoms with van der Waals surface area (Å²) in [5, 5.41) is 16.1. The highest BCUT2D eigenvalue weighted by atomic mass is 32.2. The number of carbonyl (C=O) groups is 1. The van der Waals surface area contributed by atoms with E-state index in [0.717, 1.165) is 29.9 Å². The van der Waals surface area contributed by atoms with Crippen LogP contribution in [0.25, 0.3) is 11.4 Å². The minimum Gasteiger partial charge on any atom is -0.322 e. The van der Waals surface area contributed by atoms with Gasteiger partial charge in [0.25, 0.3) is 0 Å². The summed E-state index contributed by atoms with van der Waals surface area (Å²) in [6.45, 7) is 5.61. The Hall–Kier alpha value is -2.68. The van der Waals surface area contributed by atoms with E-state index in [1.165, 1.54) is 17.8 Å². The number of thioether (sulfide) groups is 1. The van der Waals surface area contributed by atoms with E-state index in [2.05, 4.69) is 20.6 Å². The number of carbonyl (C=O) groups excluding carboxylic acids is 1. The number of rotatable bonds is 6. The maximum Gasteiger partial charge on any atom is 0.237 e. The number of aromatic nitrogens is 5. The molecular formula is C20H23FN6OS. The molecule has 2 aromatic heterocycles. The van der Waals surface area contributed by atoms with Gasteiger partial charge < -0.3 is 5.32 Å². The molecule has 1 aromatic carbocycles. The van der Waals surface area contributed by atoms with Crippen LogP contribution >= 0.6 is 11.8 Å². The van der Waals surface area contributed by atoms with Crippen LogP contribution in [0.1, 0.15) is 37.2 Å². The molecule has 0 saturated heterocycles. The lowest BCUT2D eigenvalue weighted by Gasteiger charge is -2.14. The van der Waals surface area contributed by atoms with Gasteiger partial charge in [-0.05, 0) is 45.7 Å². The normalized spacial score (nSPS) is 14.8. The molecule has 1 aliphatic rings. The monoisotopic (exact) mass is 414 g/mol. The Bertz CT molecular complexity index is 1070. The van der Waals surface area contributed by atoms with Crippen LogP contribution in [0.2, 0.25) is 0 Å². The molecule has 152 valence electrons. The van der Waals surface area contributed by atoms with Crippen LogP contribution in [0.3, 0.4) is 0 Å². The van der Waals surface area contributed by atoms with Crippen molar-refractivity contribution in [3.8, 4) is 11.4 Å². The fourth-order valence-corrected chi connectivity index (χ4v) is 4.16. The van der Waals surface area contributed by atoms with Crippen LogP contribution in [0.5, 0.6) is 0 Å². The molecule has 0 unspecified atom stereocenters. The lowest BCUT2D eigenvalue weighted by Crippen LogP contribution is -2.23. The summed E-state index contributed by atoms with van der Waals surface area (Å²) in [5.74, 6) is 0.0540. The fourth-order valence-electron chi connectivity index (χ4n) is 3.24. The van der Waals surface area contributed by atoms with E-state index in [-0.39, 0.29) is 17.8 Å². The van der Waals surface area contributed by atoms with Crippen molar-refractivity contribution in [2.24, 2.45) is 7.05 Å². The highest BCUT2D eigenvalue weighted by Gasteiger charge is 2.32. The quantitative estimate of drug-likeness (QED) is 0.619. The van der Waals surface area contributed by atoms with Gasteiger partial charge in [-0.15, -0.1) is 10.2 Å². The molecule has 2 heterocycles. The Morgan fingerprint density at radius 1 is 1.28 bits per heavy atom. The van der Waals surface area contributed by atoms with Gasteiger partial charge in [0, 0.05) is 13.1 Å². The lowest BCUT2D eigenvalue weighted by atomic mass is 10.2. The molecule has 1 atom stereocenters. The summed E-state index contributed by atoms with van der Waals surface area (Å²) < 4.78 is 18.0.